The van der Waals surface area contributed by atoms with Crippen molar-refractivity contribution in [2.75, 3.05) is 46.0 Å². The predicted octanol–water partition coefficient (Wildman–Crippen LogP) is 6.87. The largest absolute Gasteiger partial charge is 0.493 e. The van der Waals surface area contributed by atoms with E-state index in [1.165, 1.54) is 11.8 Å². The van der Waals surface area contributed by atoms with Crippen LogP contribution < -0.4 is 19.9 Å². The molecule has 9 heteroatoms. The number of nitrogens with two attached hydrogens (primary N) is 1. The van der Waals surface area contributed by atoms with Gasteiger partial charge in [-0.3, -0.25) is 0 Å². The minimum absolute atomic E-state index is 0.480. The molecule has 0 atom stereocenters. The number of aromatic nitrogens is 2. The summed E-state index contributed by atoms with van der Waals surface area (Å²) >= 11 is 6.02. The molecule has 0 unspecified atom stereocenters. The first-order valence-electron chi connectivity index (χ1n) is 14.8. The van der Waals surface area contributed by atoms with Crippen molar-refractivity contribution in [1.82, 2.24) is 19.8 Å². The van der Waals surface area contributed by atoms with Crippen LogP contribution in [0.15, 0.2) is 85.8 Å². The maximum Gasteiger partial charge on any atom is 0.142 e. The van der Waals surface area contributed by atoms with Crippen LogP contribution in [0.25, 0.3) is 22.4 Å². The van der Waals surface area contributed by atoms with E-state index in [2.05, 4.69) is 30.3 Å². The predicted molar refractivity (Wildman–Crippen MR) is 176 cm³/mol. The van der Waals surface area contributed by atoms with Gasteiger partial charge in [-0.15, -0.1) is 0 Å². The summed E-state index contributed by atoms with van der Waals surface area (Å²) in [6, 6.07) is 19.6. The Hall–Kier alpha value is -4.14. The summed E-state index contributed by atoms with van der Waals surface area (Å²) in [6.45, 7) is 13.4. The Morgan fingerprint density at radius 1 is 0.907 bits per heavy atom. The van der Waals surface area contributed by atoms with E-state index in [0.717, 1.165) is 77.2 Å². The fourth-order valence-corrected chi connectivity index (χ4v) is 4.79. The molecule has 0 spiro atoms. The van der Waals surface area contributed by atoms with E-state index in [9.17, 15) is 0 Å². The van der Waals surface area contributed by atoms with Crippen LogP contribution in [0.4, 0.5) is 0 Å². The maximum absolute atomic E-state index is 6.34. The second-order valence-corrected chi connectivity index (χ2v) is 10.4. The van der Waals surface area contributed by atoms with E-state index < -0.39 is 0 Å². The SMILES string of the molecule is C=CN(/C=C\N)CCOc1ccc2nc(-c3ccc(OCCc4ccc(Cl)cc4)cc3OCCCN(CC)CC)[nH]c2c1. The zero-order chi connectivity index (χ0) is 30.4. The van der Waals surface area contributed by atoms with Crippen LogP contribution in [-0.4, -0.2) is 65.8 Å². The molecule has 228 valence electrons. The number of halogens is 1. The van der Waals surface area contributed by atoms with Gasteiger partial charge in [-0.25, -0.2) is 4.98 Å². The standard InChI is InChI=1S/C34H42ClN5O3/c1-4-39(5-2)18-7-21-43-33-25-29(41-22-16-26-8-10-27(35)11-9-26)12-14-30(33)34-37-31-15-13-28(24-32(31)38-34)42-23-20-40(6-3)19-17-36/h6,8-15,17,19,24-25H,3-5,7,16,18,20-23,36H2,1-2H3,(H,37,38)/b19-17-. The van der Waals surface area contributed by atoms with Crippen molar-refractivity contribution in [3.8, 4) is 28.6 Å². The summed E-state index contributed by atoms with van der Waals surface area (Å²) in [5.41, 5.74) is 9.25. The number of aromatic amines is 1. The Morgan fingerprint density at radius 2 is 1.65 bits per heavy atom. The Kier molecular flexibility index (Phi) is 12.2. The fourth-order valence-electron chi connectivity index (χ4n) is 4.67. The van der Waals surface area contributed by atoms with Gasteiger partial charge < -0.3 is 34.7 Å². The van der Waals surface area contributed by atoms with Crippen LogP contribution in [0.2, 0.25) is 5.02 Å². The number of fused-ring (bicyclic) bond motifs is 1. The third-order valence-electron chi connectivity index (χ3n) is 7.14. The Balaban J connectivity index is 1.48. The van der Waals surface area contributed by atoms with Crippen LogP contribution >= 0.6 is 11.6 Å². The lowest BCUT2D eigenvalue weighted by molar-refractivity contribution is 0.248. The third-order valence-corrected chi connectivity index (χ3v) is 7.39. The topological polar surface area (TPSA) is 88.9 Å². The molecule has 0 aliphatic carbocycles. The highest BCUT2D eigenvalue weighted by Gasteiger charge is 2.14. The highest BCUT2D eigenvalue weighted by molar-refractivity contribution is 6.30. The molecule has 0 saturated heterocycles. The molecule has 8 nitrogen and oxygen atoms in total. The van der Waals surface area contributed by atoms with E-state index in [4.69, 9.17) is 36.5 Å². The smallest absolute Gasteiger partial charge is 0.142 e. The fraction of sp³-hybridized carbons (Fsp3) is 0.324. The highest BCUT2D eigenvalue weighted by atomic mass is 35.5. The molecule has 0 bridgehead atoms. The molecule has 0 fully saturated rings. The quantitative estimate of drug-likeness (QED) is 0.120. The van der Waals surface area contributed by atoms with Crippen molar-refractivity contribution in [2.45, 2.75) is 26.7 Å². The zero-order valence-electron chi connectivity index (χ0n) is 25.1. The number of hydrogen-bond donors (Lipinski definition) is 2. The summed E-state index contributed by atoms with van der Waals surface area (Å²) in [5, 5.41) is 0.730. The molecule has 1 heterocycles. The summed E-state index contributed by atoms with van der Waals surface area (Å²) in [7, 11) is 0. The molecule has 4 aromatic rings. The molecule has 3 aromatic carbocycles. The van der Waals surface area contributed by atoms with Gasteiger partial charge in [0.05, 0.1) is 36.4 Å². The average molecular weight is 604 g/mol. The first-order valence-corrected chi connectivity index (χ1v) is 15.2. The van der Waals surface area contributed by atoms with Gasteiger partial charge in [0.15, 0.2) is 0 Å². The molecule has 0 aliphatic rings. The molecule has 0 aliphatic heterocycles. The van der Waals surface area contributed by atoms with Gasteiger partial charge in [-0.05, 0) is 67.7 Å². The van der Waals surface area contributed by atoms with Crippen molar-refractivity contribution in [3.05, 3.63) is 96.4 Å². The van der Waals surface area contributed by atoms with Gasteiger partial charge >= 0.3 is 0 Å². The van der Waals surface area contributed by atoms with Gasteiger partial charge in [0.2, 0.25) is 0 Å². The van der Waals surface area contributed by atoms with Gasteiger partial charge in [-0.2, -0.15) is 0 Å². The monoisotopic (exact) mass is 603 g/mol. The van der Waals surface area contributed by atoms with Crippen LogP contribution in [0.1, 0.15) is 25.8 Å². The van der Waals surface area contributed by atoms with Crippen LogP contribution in [-0.2, 0) is 6.42 Å². The molecule has 0 radical (unpaired) electrons. The molecule has 1 aromatic heterocycles. The second-order valence-electron chi connectivity index (χ2n) is 9.99. The van der Waals surface area contributed by atoms with E-state index in [-0.39, 0.29) is 0 Å². The Morgan fingerprint density at radius 3 is 2.40 bits per heavy atom. The Labute approximate surface area is 259 Å². The summed E-state index contributed by atoms with van der Waals surface area (Å²) in [5.74, 6) is 2.96. The van der Waals surface area contributed by atoms with Gasteiger partial charge in [0, 0.05) is 42.5 Å². The van der Waals surface area contributed by atoms with Gasteiger partial charge in [0.1, 0.15) is 29.7 Å². The molecule has 0 saturated carbocycles. The lowest BCUT2D eigenvalue weighted by atomic mass is 10.1. The van der Waals surface area contributed by atoms with Crippen molar-refractivity contribution >= 4 is 22.6 Å². The average Bonchev–Trinajstić information content (AvgIpc) is 3.45. The first-order chi connectivity index (χ1) is 21.0. The van der Waals surface area contributed by atoms with Crippen LogP contribution in [0, 0.1) is 0 Å². The van der Waals surface area contributed by atoms with Crippen molar-refractivity contribution in [3.63, 3.8) is 0 Å². The number of rotatable bonds is 18. The van der Waals surface area contributed by atoms with Gasteiger partial charge in [-0.1, -0.05) is 44.2 Å². The van der Waals surface area contributed by atoms with Crippen LogP contribution in [0.5, 0.6) is 17.2 Å². The molecule has 0 amide bonds. The number of H-pyrrole nitrogens is 1. The maximum atomic E-state index is 6.34. The van der Waals surface area contributed by atoms with Crippen molar-refractivity contribution < 1.29 is 14.2 Å². The van der Waals surface area contributed by atoms with E-state index in [1.807, 2.05) is 65.6 Å². The molecular weight excluding hydrogens is 562 g/mol. The number of ether oxygens (including phenoxy) is 3. The lowest BCUT2D eigenvalue weighted by Crippen LogP contribution is -2.25. The van der Waals surface area contributed by atoms with E-state index >= 15 is 0 Å². The van der Waals surface area contributed by atoms with E-state index in [1.54, 1.807) is 12.4 Å². The normalized spacial score (nSPS) is 11.3. The van der Waals surface area contributed by atoms with Crippen molar-refractivity contribution in [1.29, 1.82) is 0 Å². The first kappa shape index (κ1) is 31.8. The molecule has 4 rings (SSSR count). The minimum atomic E-state index is 0.480. The summed E-state index contributed by atoms with van der Waals surface area (Å²) in [6.07, 6.45) is 6.63. The highest BCUT2D eigenvalue weighted by Crippen LogP contribution is 2.34. The van der Waals surface area contributed by atoms with E-state index in [0.29, 0.717) is 26.4 Å². The summed E-state index contributed by atoms with van der Waals surface area (Å²) < 4.78 is 18.4. The number of imidazole rings is 1. The zero-order valence-corrected chi connectivity index (χ0v) is 25.9. The molecule has 43 heavy (non-hydrogen) atoms. The number of nitrogens with one attached hydrogen (secondary N) is 1. The number of hydrogen-bond acceptors (Lipinski definition) is 7. The summed E-state index contributed by atoms with van der Waals surface area (Å²) in [4.78, 5) is 12.6. The molecular formula is C34H42ClN5O3. The Bertz CT molecular complexity index is 1470. The van der Waals surface area contributed by atoms with Crippen molar-refractivity contribution in [2.24, 2.45) is 5.73 Å². The number of benzene rings is 3. The molecule has 3 N–H and O–H groups in total. The van der Waals surface area contributed by atoms with Crippen LogP contribution in [0.3, 0.4) is 0 Å². The third kappa shape index (κ3) is 9.43. The van der Waals surface area contributed by atoms with Gasteiger partial charge in [0.25, 0.3) is 0 Å². The second kappa shape index (κ2) is 16.5. The lowest BCUT2D eigenvalue weighted by Gasteiger charge is -2.18. The minimum Gasteiger partial charge on any atom is -0.493 e. The number of nitrogens with zero attached hydrogens (tertiary/aromatic N) is 3.